The van der Waals surface area contributed by atoms with Crippen LogP contribution in [0.5, 0.6) is 5.75 Å². The standard InChI is InChI=1S/C44H56N4O7/c1-7-40(52)22-27-23-43(39(51)55-6,35-29(14-18-47(24-27)25-40)28-12-9-10-13-32(28)45-35)31-20-30-33(21-34(31)54-5)46(4)37-42(30)16-19-48-17-11-15-41(8-2,36(42)48)38(50)44(37,53)26(3)49/h9-13,15,20-21,27,36-38,45,50,52-53H,7-8,14,16-19,22-25H2,1-6H3/t27-,36-,37+,38+,40-,41+,42+,43-,44-/m0/s1. The van der Waals surface area contributed by atoms with E-state index in [0.29, 0.717) is 62.9 Å². The molecular weight excluding hydrogens is 697 g/mol. The highest BCUT2D eigenvalue weighted by Gasteiger charge is 2.78. The number of hydrogen-bond acceptors (Lipinski definition) is 10. The molecule has 0 amide bonds. The zero-order chi connectivity index (χ0) is 38.9. The number of aromatic nitrogens is 1. The molecule has 294 valence electrons. The Morgan fingerprint density at radius 1 is 1.02 bits per heavy atom. The number of esters is 1. The molecule has 9 rings (SSSR count). The van der Waals surface area contributed by atoms with E-state index in [4.69, 9.17) is 9.47 Å². The molecule has 6 aliphatic rings. The molecule has 6 heterocycles. The summed E-state index contributed by atoms with van der Waals surface area (Å²) >= 11 is 0. The monoisotopic (exact) mass is 752 g/mol. The van der Waals surface area contributed by atoms with Gasteiger partial charge in [0.05, 0.1) is 25.9 Å². The van der Waals surface area contributed by atoms with Gasteiger partial charge in [-0.3, -0.25) is 19.4 Å². The molecule has 1 aliphatic carbocycles. The van der Waals surface area contributed by atoms with Crippen LogP contribution < -0.4 is 9.64 Å². The number of ketones is 1. The van der Waals surface area contributed by atoms with Gasteiger partial charge in [-0.25, -0.2) is 0 Å². The number of Topliss-reactive ketones (excluding diaryl/α,β-unsaturated/α-hetero) is 1. The molecule has 0 radical (unpaired) electrons. The molecule has 3 fully saturated rings. The summed E-state index contributed by atoms with van der Waals surface area (Å²) in [5, 5.41) is 38.2. The Kier molecular flexibility index (Phi) is 8.30. The number of aliphatic hydroxyl groups is 3. The van der Waals surface area contributed by atoms with E-state index in [1.54, 1.807) is 7.11 Å². The highest BCUT2D eigenvalue weighted by Crippen LogP contribution is 2.67. The van der Waals surface area contributed by atoms with E-state index in [2.05, 4.69) is 45.1 Å². The number of para-hydroxylation sites is 1. The summed E-state index contributed by atoms with van der Waals surface area (Å²) in [6, 6.07) is 11.3. The smallest absolute Gasteiger partial charge is 0.322 e. The number of ether oxygens (including phenoxy) is 2. The second kappa shape index (κ2) is 12.4. The minimum atomic E-state index is -2.08. The second-order valence-electron chi connectivity index (χ2n) is 17.7. The third-order valence-corrected chi connectivity index (χ3v) is 15.4. The average molecular weight is 753 g/mol. The van der Waals surface area contributed by atoms with E-state index < -0.39 is 51.3 Å². The number of aliphatic hydroxyl groups excluding tert-OH is 1. The summed E-state index contributed by atoms with van der Waals surface area (Å²) in [6.45, 7) is 8.95. The number of H-pyrrole nitrogens is 1. The number of nitrogens with one attached hydrogen (secondary N) is 1. The Balaban J connectivity index is 1.36. The molecule has 1 spiro atoms. The molecule has 10 atom stereocenters. The van der Waals surface area contributed by atoms with Crippen LogP contribution in [-0.4, -0.2) is 125 Å². The van der Waals surface area contributed by atoms with Gasteiger partial charge < -0.3 is 34.7 Å². The van der Waals surface area contributed by atoms with Crippen LogP contribution in [-0.2, 0) is 31.6 Å². The Morgan fingerprint density at radius 2 is 1.80 bits per heavy atom. The van der Waals surface area contributed by atoms with Gasteiger partial charge in [0, 0.05) is 84.0 Å². The second-order valence-corrected chi connectivity index (χ2v) is 17.7. The van der Waals surface area contributed by atoms with Crippen LogP contribution in [0.2, 0.25) is 0 Å². The number of nitrogens with zero attached hydrogens (tertiary/aromatic N) is 3. The minimum Gasteiger partial charge on any atom is -0.496 e. The summed E-state index contributed by atoms with van der Waals surface area (Å²) in [5.74, 6) is -0.433. The number of carbonyl (C=O) groups is 2. The van der Waals surface area contributed by atoms with Crippen molar-refractivity contribution in [1.29, 1.82) is 0 Å². The van der Waals surface area contributed by atoms with Crippen molar-refractivity contribution in [1.82, 2.24) is 14.8 Å². The number of aromatic amines is 1. The molecule has 2 bridgehead atoms. The molecule has 5 aliphatic heterocycles. The Hall–Kier alpha value is -3.74. The van der Waals surface area contributed by atoms with E-state index in [9.17, 15) is 20.1 Å². The molecule has 11 heteroatoms. The van der Waals surface area contributed by atoms with Gasteiger partial charge in [-0.05, 0) is 81.2 Å². The maximum absolute atomic E-state index is 15.2. The molecule has 2 saturated heterocycles. The summed E-state index contributed by atoms with van der Waals surface area (Å²) in [7, 11) is 4.98. The highest BCUT2D eigenvalue weighted by atomic mass is 16.5. The van der Waals surface area contributed by atoms with Crippen molar-refractivity contribution < 1.29 is 34.4 Å². The van der Waals surface area contributed by atoms with Crippen LogP contribution in [0.4, 0.5) is 5.69 Å². The predicted molar refractivity (Wildman–Crippen MR) is 210 cm³/mol. The molecule has 11 nitrogen and oxygen atoms in total. The highest BCUT2D eigenvalue weighted by molar-refractivity contribution is 5.95. The molecule has 55 heavy (non-hydrogen) atoms. The van der Waals surface area contributed by atoms with Crippen molar-refractivity contribution in [2.45, 2.75) is 99.5 Å². The number of benzene rings is 2. The number of hydrogen-bond donors (Lipinski definition) is 4. The van der Waals surface area contributed by atoms with Gasteiger partial charge in [-0.2, -0.15) is 0 Å². The number of piperidine rings is 1. The van der Waals surface area contributed by atoms with Crippen molar-refractivity contribution in [2.24, 2.45) is 11.3 Å². The number of likely N-dealkylation sites (N-methyl/N-ethyl adjacent to an activating group) is 1. The predicted octanol–water partition coefficient (Wildman–Crippen LogP) is 3.84. The van der Waals surface area contributed by atoms with E-state index in [1.807, 2.05) is 44.0 Å². The van der Waals surface area contributed by atoms with Gasteiger partial charge in [0.15, 0.2) is 11.4 Å². The van der Waals surface area contributed by atoms with Crippen molar-refractivity contribution in [3.05, 3.63) is 70.9 Å². The van der Waals surface area contributed by atoms with Gasteiger partial charge in [0.1, 0.15) is 17.3 Å². The fourth-order valence-corrected chi connectivity index (χ4v) is 13.2. The minimum absolute atomic E-state index is 0.0625. The third kappa shape index (κ3) is 4.56. The molecule has 3 aromatic rings. The van der Waals surface area contributed by atoms with Crippen LogP contribution in [0.1, 0.15) is 75.3 Å². The first-order valence-electron chi connectivity index (χ1n) is 20.2. The SMILES string of the molecule is CC[C@]1(O)C[C@@H]2CN(CCc3c([nH]c4ccccc34)[C@@](C(=O)OC)(c3cc4c(cc3OC)N(C)[C@H]3[C@@](O)(C(C)=O)[C@H](O)[C@]5(CC)C=CCN6CC[C@]43[C@@H]65)C2)C1. The third-order valence-electron chi connectivity index (χ3n) is 15.4. The van der Waals surface area contributed by atoms with Crippen molar-refractivity contribution in [3.63, 3.8) is 0 Å². The van der Waals surface area contributed by atoms with Gasteiger partial charge >= 0.3 is 5.97 Å². The number of rotatable bonds is 6. The fraction of sp³-hybridized carbons (Fsp3) is 0.591. The first-order valence-corrected chi connectivity index (χ1v) is 20.2. The van der Waals surface area contributed by atoms with Crippen molar-refractivity contribution >= 4 is 28.3 Å². The lowest BCUT2D eigenvalue weighted by Gasteiger charge is -2.63. The Morgan fingerprint density at radius 3 is 2.51 bits per heavy atom. The summed E-state index contributed by atoms with van der Waals surface area (Å²) < 4.78 is 12.3. The maximum atomic E-state index is 15.2. The Labute approximate surface area is 323 Å². The molecule has 1 unspecified atom stereocenters. The van der Waals surface area contributed by atoms with Gasteiger partial charge in [0.25, 0.3) is 0 Å². The lowest BCUT2D eigenvalue weighted by Crippen LogP contribution is -2.80. The van der Waals surface area contributed by atoms with Gasteiger partial charge in [-0.15, -0.1) is 0 Å². The molecule has 2 aromatic carbocycles. The van der Waals surface area contributed by atoms with E-state index >= 15 is 4.79 Å². The topological polar surface area (TPSA) is 139 Å². The van der Waals surface area contributed by atoms with E-state index in [0.717, 1.165) is 53.0 Å². The Bertz CT molecular complexity index is 2120. The number of carbonyl (C=O) groups excluding carboxylic acids is 2. The van der Waals surface area contributed by atoms with E-state index in [-0.39, 0.29) is 12.0 Å². The van der Waals surface area contributed by atoms with Crippen LogP contribution in [0.25, 0.3) is 10.9 Å². The van der Waals surface area contributed by atoms with Crippen LogP contribution >= 0.6 is 0 Å². The average Bonchev–Trinajstić information content (AvgIpc) is 3.84. The molecule has 1 saturated carbocycles. The van der Waals surface area contributed by atoms with Gasteiger partial charge in [-0.1, -0.05) is 44.2 Å². The normalized spacial score (nSPS) is 39.0. The zero-order valence-electron chi connectivity index (χ0n) is 33.0. The van der Waals surface area contributed by atoms with Crippen molar-refractivity contribution in [3.8, 4) is 5.75 Å². The summed E-state index contributed by atoms with van der Waals surface area (Å²) in [5.41, 5.74) is -0.843. The zero-order valence-corrected chi connectivity index (χ0v) is 33.0. The first kappa shape index (κ1) is 36.9. The van der Waals surface area contributed by atoms with Gasteiger partial charge in [0.2, 0.25) is 0 Å². The van der Waals surface area contributed by atoms with Crippen LogP contribution in [0.15, 0.2) is 48.6 Å². The number of fused-ring (bicyclic) bond motifs is 6. The lowest BCUT2D eigenvalue weighted by molar-refractivity contribution is -0.200. The molecule has 1 aromatic heterocycles. The fourth-order valence-electron chi connectivity index (χ4n) is 13.2. The maximum Gasteiger partial charge on any atom is 0.322 e. The van der Waals surface area contributed by atoms with Crippen LogP contribution in [0, 0.1) is 11.3 Å². The number of methoxy groups -OCH3 is 2. The molecule has 4 N–H and O–H groups in total. The van der Waals surface area contributed by atoms with Crippen LogP contribution in [0.3, 0.4) is 0 Å². The summed E-state index contributed by atoms with van der Waals surface area (Å²) in [6.07, 6.45) is 6.17. The summed E-state index contributed by atoms with van der Waals surface area (Å²) in [4.78, 5) is 39.7. The lowest BCUT2D eigenvalue weighted by atomic mass is 9.47. The number of anilines is 1. The first-order chi connectivity index (χ1) is 26.3. The quantitative estimate of drug-likeness (QED) is 0.217. The van der Waals surface area contributed by atoms with E-state index in [1.165, 1.54) is 14.0 Å². The van der Waals surface area contributed by atoms with Crippen molar-refractivity contribution in [2.75, 3.05) is 58.9 Å². The largest absolute Gasteiger partial charge is 0.496 e. The molecular formula is C44H56N4O7.